The van der Waals surface area contributed by atoms with Gasteiger partial charge in [-0.3, -0.25) is 24.6 Å². The third kappa shape index (κ3) is 3.37. The van der Waals surface area contributed by atoms with E-state index in [1.165, 1.54) is 0 Å². The van der Waals surface area contributed by atoms with Crippen molar-refractivity contribution in [3.63, 3.8) is 0 Å². The molecule has 144 valence electrons. The second kappa shape index (κ2) is 7.05. The van der Waals surface area contributed by atoms with E-state index in [1.807, 2.05) is 12.1 Å². The number of hydrogen-bond donors (Lipinski definition) is 2. The minimum absolute atomic E-state index is 0.115. The first kappa shape index (κ1) is 18.1. The monoisotopic (exact) mass is 370 g/mol. The van der Waals surface area contributed by atoms with Gasteiger partial charge in [0.05, 0.1) is 0 Å². The van der Waals surface area contributed by atoms with Gasteiger partial charge in [0.15, 0.2) is 0 Å². The molecule has 0 bridgehead atoms. The smallest absolute Gasteiger partial charge is 0.255 e. The van der Waals surface area contributed by atoms with Gasteiger partial charge in [-0.05, 0) is 42.0 Å². The van der Waals surface area contributed by atoms with E-state index < -0.39 is 6.04 Å². The van der Waals surface area contributed by atoms with Gasteiger partial charge in [-0.25, -0.2) is 0 Å². The van der Waals surface area contributed by atoms with Gasteiger partial charge in [-0.15, -0.1) is 0 Å². The maximum Gasteiger partial charge on any atom is 0.255 e. The lowest BCUT2D eigenvalue weighted by Gasteiger charge is -2.29. The predicted octanol–water partition coefficient (Wildman–Crippen LogP) is 0.474. The topological polar surface area (TPSA) is 95.7 Å². The first-order chi connectivity index (χ1) is 13.0. The van der Waals surface area contributed by atoms with Crippen LogP contribution in [0, 0.1) is 11.8 Å². The SMILES string of the molecule is C[C@@H]1CN(Cc2ccc3c(c2)C(=O)N(C2CCC(=O)NC2=O)C3)C[C@H]1CN. The van der Waals surface area contributed by atoms with Crippen molar-refractivity contribution in [2.75, 3.05) is 19.6 Å². The molecule has 3 atom stereocenters. The Balaban J connectivity index is 1.47. The molecule has 1 unspecified atom stereocenters. The van der Waals surface area contributed by atoms with Crippen LogP contribution in [0.1, 0.15) is 41.3 Å². The summed E-state index contributed by atoms with van der Waals surface area (Å²) in [5.74, 6) is 0.374. The highest BCUT2D eigenvalue weighted by Crippen LogP contribution is 2.29. The fourth-order valence-corrected chi connectivity index (χ4v) is 4.54. The van der Waals surface area contributed by atoms with Gasteiger partial charge in [0, 0.05) is 38.2 Å². The molecule has 0 saturated carbocycles. The maximum absolute atomic E-state index is 12.9. The number of likely N-dealkylation sites (tertiary alicyclic amines) is 1. The molecule has 0 spiro atoms. The van der Waals surface area contributed by atoms with Crippen molar-refractivity contribution in [1.82, 2.24) is 15.1 Å². The number of fused-ring (bicyclic) bond motifs is 1. The molecule has 2 saturated heterocycles. The largest absolute Gasteiger partial charge is 0.330 e. The van der Waals surface area contributed by atoms with Crippen molar-refractivity contribution in [3.05, 3.63) is 34.9 Å². The van der Waals surface area contributed by atoms with Crippen LogP contribution in [0.15, 0.2) is 18.2 Å². The van der Waals surface area contributed by atoms with Gasteiger partial charge in [0.1, 0.15) is 6.04 Å². The van der Waals surface area contributed by atoms with E-state index in [0.29, 0.717) is 36.9 Å². The minimum Gasteiger partial charge on any atom is -0.330 e. The third-order valence-corrected chi connectivity index (χ3v) is 6.15. The Bertz CT molecular complexity index is 793. The number of imide groups is 1. The van der Waals surface area contributed by atoms with Crippen LogP contribution in [0.25, 0.3) is 0 Å². The number of piperidine rings is 1. The average molecular weight is 370 g/mol. The fourth-order valence-electron chi connectivity index (χ4n) is 4.54. The molecule has 2 fully saturated rings. The van der Waals surface area contributed by atoms with Gasteiger partial charge in [-0.2, -0.15) is 0 Å². The van der Waals surface area contributed by atoms with E-state index in [-0.39, 0.29) is 24.1 Å². The van der Waals surface area contributed by atoms with Gasteiger partial charge in [-0.1, -0.05) is 19.1 Å². The first-order valence-corrected chi connectivity index (χ1v) is 9.65. The molecule has 3 aliphatic rings. The maximum atomic E-state index is 12.9. The lowest BCUT2D eigenvalue weighted by molar-refractivity contribution is -0.136. The van der Waals surface area contributed by atoms with E-state index in [1.54, 1.807) is 4.90 Å². The van der Waals surface area contributed by atoms with Crippen molar-refractivity contribution in [2.24, 2.45) is 17.6 Å². The summed E-state index contributed by atoms with van der Waals surface area (Å²) in [5.41, 5.74) is 8.58. The van der Waals surface area contributed by atoms with Gasteiger partial charge < -0.3 is 10.6 Å². The lowest BCUT2D eigenvalue weighted by atomic mass is 9.99. The molecule has 3 amide bonds. The Hall–Kier alpha value is -2.25. The van der Waals surface area contributed by atoms with E-state index in [2.05, 4.69) is 23.2 Å². The van der Waals surface area contributed by atoms with Crippen LogP contribution in [-0.4, -0.2) is 53.2 Å². The molecule has 4 rings (SSSR count). The number of carbonyl (C=O) groups excluding carboxylic acids is 3. The number of rotatable bonds is 4. The van der Waals surface area contributed by atoms with Crippen LogP contribution in [-0.2, 0) is 22.7 Å². The van der Waals surface area contributed by atoms with Crippen LogP contribution in [0.4, 0.5) is 0 Å². The van der Waals surface area contributed by atoms with Gasteiger partial charge >= 0.3 is 0 Å². The first-order valence-electron chi connectivity index (χ1n) is 9.65. The number of amides is 3. The highest BCUT2D eigenvalue weighted by atomic mass is 16.2. The van der Waals surface area contributed by atoms with Crippen LogP contribution in [0.3, 0.4) is 0 Å². The zero-order valence-corrected chi connectivity index (χ0v) is 15.6. The Morgan fingerprint density at radius 1 is 1.22 bits per heavy atom. The molecule has 0 aliphatic carbocycles. The third-order valence-electron chi connectivity index (χ3n) is 6.15. The van der Waals surface area contributed by atoms with Gasteiger partial charge in [0.2, 0.25) is 11.8 Å². The number of nitrogens with one attached hydrogen (secondary N) is 1. The highest BCUT2D eigenvalue weighted by molar-refractivity contribution is 6.05. The predicted molar refractivity (Wildman–Crippen MR) is 99.5 cm³/mol. The zero-order valence-electron chi connectivity index (χ0n) is 15.6. The molecular weight excluding hydrogens is 344 g/mol. The molecule has 7 heteroatoms. The average Bonchev–Trinajstić information content (AvgIpc) is 3.15. The van der Waals surface area contributed by atoms with Crippen LogP contribution >= 0.6 is 0 Å². The van der Waals surface area contributed by atoms with E-state index >= 15 is 0 Å². The Morgan fingerprint density at radius 3 is 2.74 bits per heavy atom. The number of nitrogens with two attached hydrogens (primary N) is 1. The van der Waals surface area contributed by atoms with Crippen LogP contribution < -0.4 is 11.1 Å². The van der Waals surface area contributed by atoms with Crippen molar-refractivity contribution in [2.45, 2.75) is 38.9 Å². The quantitative estimate of drug-likeness (QED) is 0.752. The van der Waals surface area contributed by atoms with Crippen molar-refractivity contribution >= 4 is 17.7 Å². The summed E-state index contributed by atoms with van der Waals surface area (Å²) in [5, 5.41) is 2.34. The van der Waals surface area contributed by atoms with Crippen LogP contribution in [0.5, 0.6) is 0 Å². The normalized spacial score (nSPS) is 28.6. The van der Waals surface area contributed by atoms with E-state index in [9.17, 15) is 14.4 Å². The molecule has 0 aromatic heterocycles. The number of benzene rings is 1. The lowest BCUT2D eigenvalue weighted by Crippen LogP contribution is -2.52. The molecule has 7 nitrogen and oxygen atoms in total. The summed E-state index contributed by atoms with van der Waals surface area (Å²) in [7, 11) is 0. The molecule has 3 aliphatic heterocycles. The molecule has 3 N–H and O–H groups in total. The summed E-state index contributed by atoms with van der Waals surface area (Å²) in [4.78, 5) is 40.4. The summed E-state index contributed by atoms with van der Waals surface area (Å²) < 4.78 is 0. The summed E-state index contributed by atoms with van der Waals surface area (Å²) in [6.45, 7) is 6.19. The standard InChI is InChI=1S/C20H26N4O3/c1-12-8-23(10-15(12)7-21)9-13-2-3-14-11-24(20(27)16(14)6-13)17-4-5-18(25)22-19(17)26/h2-3,6,12,15,17H,4-5,7-11,21H2,1H3,(H,22,25,26)/t12-,15-,17?/m1/s1. The minimum atomic E-state index is -0.559. The zero-order chi connectivity index (χ0) is 19.1. The number of carbonyl (C=O) groups is 3. The summed E-state index contributed by atoms with van der Waals surface area (Å²) >= 11 is 0. The second-order valence-electron chi connectivity index (χ2n) is 8.06. The van der Waals surface area contributed by atoms with Crippen molar-refractivity contribution < 1.29 is 14.4 Å². The van der Waals surface area contributed by atoms with E-state index in [4.69, 9.17) is 5.73 Å². The number of hydrogen-bond acceptors (Lipinski definition) is 5. The molecule has 3 heterocycles. The fraction of sp³-hybridized carbons (Fsp3) is 0.550. The molecule has 0 radical (unpaired) electrons. The summed E-state index contributed by atoms with van der Waals surface area (Å²) in [6.07, 6.45) is 0.667. The van der Waals surface area contributed by atoms with Crippen molar-refractivity contribution in [1.29, 1.82) is 0 Å². The highest BCUT2D eigenvalue weighted by Gasteiger charge is 2.39. The molecule has 1 aromatic carbocycles. The van der Waals surface area contributed by atoms with Crippen molar-refractivity contribution in [3.8, 4) is 0 Å². The van der Waals surface area contributed by atoms with E-state index in [0.717, 1.165) is 30.8 Å². The molecule has 27 heavy (non-hydrogen) atoms. The number of nitrogens with zero attached hydrogens (tertiary/aromatic N) is 2. The molecular formula is C20H26N4O3. The van der Waals surface area contributed by atoms with Gasteiger partial charge in [0.25, 0.3) is 5.91 Å². The summed E-state index contributed by atoms with van der Waals surface area (Å²) in [6, 6.07) is 5.47. The Morgan fingerprint density at radius 2 is 2.04 bits per heavy atom. The van der Waals surface area contributed by atoms with Crippen LogP contribution in [0.2, 0.25) is 0 Å². The second-order valence-corrected chi connectivity index (χ2v) is 8.06. The Kier molecular flexibility index (Phi) is 4.74. The molecule has 1 aromatic rings. The Labute approximate surface area is 158 Å².